The second-order valence-electron chi connectivity index (χ2n) is 5.61. The Kier molecular flexibility index (Phi) is 6.14. The number of halogens is 1. The molecule has 1 aliphatic rings. The molecule has 1 fully saturated rings. The minimum absolute atomic E-state index is 0.336. The van der Waals surface area contributed by atoms with Crippen molar-refractivity contribution in [3.05, 3.63) is 57.8 Å². The maximum Gasteiger partial charge on any atom is 0.286 e. The molecule has 1 aromatic carbocycles. The molecule has 25 heavy (non-hydrogen) atoms. The molecule has 132 valence electrons. The van der Waals surface area contributed by atoms with E-state index < -0.39 is 0 Å². The summed E-state index contributed by atoms with van der Waals surface area (Å²) in [5.41, 5.74) is 7.09. The van der Waals surface area contributed by atoms with E-state index >= 15 is 0 Å². The second-order valence-corrected chi connectivity index (χ2v) is 9.25. The molecule has 2 amide bonds. The number of hydrazine groups is 1. The first-order valence-electron chi connectivity index (χ1n) is 7.80. The van der Waals surface area contributed by atoms with Gasteiger partial charge in [-0.3, -0.25) is 20.4 Å². The van der Waals surface area contributed by atoms with Gasteiger partial charge in [0, 0.05) is 23.3 Å². The summed E-state index contributed by atoms with van der Waals surface area (Å²) in [5.74, 6) is 1.66. The van der Waals surface area contributed by atoms with Crippen LogP contribution in [0.15, 0.2) is 41.0 Å². The van der Waals surface area contributed by atoms with E-state index in [0.29, 0.717) is 15.8 Å². The van der Waals surface area contributed by atoms with Gasteiger partial charge in [-0.2, -0.15) is 0 Å². The molecule has 1 aliphatic heterocycles. The minimum atomic E-state index is -0.367. The highest BCUT2D eigenvalue weighted by molar-refractivity contribution is 9.10. The highest BCUT2D eigenvalue weighted by Crippen LogP contribution is 2.43. The third-order valence-electron chi connectivity index (χ3n) is 3.77. The number of amides is 2. The van der Waals surface area contributed by atoms with Crippen molar-refractivity contribution in [3.63, 3.8) is 0 Å². The van der Waals surface area contributed by atoms with Crippen LogP contribution in [0.3, 0.4) is 0 Å². The van der Waals surface area contributed by atoms with Crippen LogP contribution in [0.2, 0.25) is 0 Å². The second kappa shape index (κ2) is 8.33. The Balaban J connectivity index is 1.57. The number of aryl methyl sites for hydroxylation is 1. The zero-order valence-electron chi connectivity index (χ0n) is 13.6. The molecule has 1 aromatic heterocycles. The Morgan fingerprint density at radius 2 is 1.76 bits per heavy atom. The van der Waals surface area contributed by atoms with E-state index in [9.17, 15) is 9.59 Å². The lowest BCUT2D eigenvalue weighted by atomic mass is 10.1. The summed E-state index contributed by atoms with van der Waals surface area (Å²) >= 11 is 7.21. The molecule has 0 radical (unpaired) electrons. The molecule has 0 bridgehead atoms. The molecule has 2 N–H and O–H groups in total. The summed E-state index contributed by atoms with van der Waals surface area (Å²) in [4.78, 5) is 24.3. The summed E-state index contributed by atoms with van der Waals surface area (Å²) in [5, 5.41) is 0. The van der Waals surface area contributed by atoms with Gasteiger partial charge in [0.1, 0.15) is 5.69 Å². The first-order chi connectivity index (χ1) is 12.0. The van der Waals surface area contributed by atoms with Crippen LogP contribution in [0.4, 0.5) is 0 Å². The fourth-order valence-corrected chi connectivity index (χ4v) is 5.89. The number of rotatable bonds is 3. The number of carbonyl (C=O) groups is 2. The highest BCUT2D eigenvalue weighted by atomic mass is 79.9. The maximum absolute atomic E-state index is 12.2. The number of benzene rings is 1. The van der Waals surface area contributed by atoms with Crippen LogP contribution in [-0.4, -0.2) is 27.9 Å². The van der Waals surface area contributed by atoms with Crippen molar-refractivity contribution in [2.75, 3.05) is 11.5 Å². The monoisotopic (exact) mass is 439 g/mol. The smallest absolute Gasteiger partial charge is 0.286 e. The first-order valence-corrected chi connectivity index (χ1v) is 10.7. The van der Waals surface area contributed by atoms with Gasteiger partial charge < -0.3 is 4.57 Å². The van der Waals surface area contributed by atoms with Crippen LogP contribution >= 0.6 is 39.5 Å². The van der Waals surface area contributed by atoms with Crippen LogP contribution < -0.4 is 10.9 Å². The number of hydrogen-bond acceptors (Lipinski definition) is 4. The van der Waals surface area contributed by atoms with Crippen molar-refractivity contribution in [2.45, 2.75) is 11.0 Å². The fourth-order valence-electron chi connectivity index (χ4n) is 2.47. The number of nitrogens with zero attached hydrogens (tertiary/aromatic N) is 1. The number of thioether (sulfide) groups is 2. The van der Waals surface area contributed by atoms with Gasteiger partial charge in [0.2, 0.25) is 0 Å². The zero-order chi connectivity index (χ0) is 17.8. The molecule has 0 unspecified atom stereocenters. The molecule has 0 atom stereocenters. The third-order valence-corrected chi connectivity index (χ3v) is 7.21. The summed E-state index contributed by atoms with van der Waals surface area (Å²) in [7, 11) is 1.77. The van der Waals surface area contributed by atoms with E-state index in [4.69, 9.17) is 0 Å². The Bertz CT molecular complexity index is 771. The van der Waals surface area contributed by atoms with Gasteiger partial charge in [-0.15, -0.1) is 23.5 Å². The Labute approximate surface area is 163 Å². The molecule has 0 aliphatic carbocycles. The average molecular weight is 440 g/mol. The van der Waals surface area contributed by atoms with E-state index in [0.717, 1.165) is 4.47 Å². The first kappa shape index (κ1) is 18.4. The van der Waals surface area contributed by atoms with Gasteiger partial charge in [-0.1, -0.05) is 12.1 Å². The maximum atomic E-state index is 12.2. The number of aromatic nitrogens is 1. The van der Waals surface area contributed by atoms with E-state index in [-0.39, 0.29) is 11.8 Å². The zero-order valence-corrected chi connectivity index (χ0v) is 16.8. The van der Waals surface area contributed by atoms with Gasteiger partial charge >= 0.3 is 0 Å². The van der Waals surface area contributed by atoms with Gasteiger partial charge in [-0.25, -0.2) is 0 Å². The van der Waals surface area contributed by atoms with Crippen molar-refractivity contribution in [3.8, 4) is 0 Å². The largest absolute Gasteiger partial charge is 0.345 e. The van der Waals surface area contributed by atoms with Crippen LogP contribution in [0.25, 0.3) is 0 Å². The van der Waals surface area contributed by atoms with Gasteiger partial charge in [0.25, 0.3) is 11.8 Å². The fraction of sp³-hybridized carbons (Fsp3) is 0.294. The lowest BCUT2D eigenvalue weighted by Crippen LogP contribution is -2.42. The molecule has 3 rings (SSSR count). The van der Waals surface area contributed by atoms with Crippen LogP contribution in [-0.2, 0) is 7.05 Å². The summed E-state index contributed by atoms with van der Waals surface area (Å²) < 4.78 is 2.93. The van der Waals surface area contributed by atoms with E-state index in [1.54, 1.807) is 36.0 Å². The molecule has 8 heteroatoms. The average Bonchev–Trinajstić information content (AvgIpc) is 2.98. The number of carbonyl (C=O) groups excluding carboxylic acids is 2. The Morgan fingerprint density at radius 3 is 2.36 bits per heavy atom. The predicted molar refractivity (Wildman–Crippen MR) is 107 cm³/mol. The quantitative estimate of drug-likeness (QED) is 0.715. The van der Waals surface area contributed by atoms with E-state index in [1.165, 1.54) is 23.5 Å². The third kappa shape index (κ3) is 4.62. The van der Waals surface area contributed by atoms with E-state index in [2.05, 4.69) is 26.8 Å². The van der Waals surface area contributed by atoms with Crippen LogP contribution in [0, 0.1) is 0 Å². The van der Waals surface area contributed by atoms with Crippen LogP contribution in [0.5, 0.6) is 0 Å². The molecule has 0 saturated carbocycles. The van der Waals surface area contributed by atoms with Crippen molar-refractivity contribution < 1.29 is 9.59 Å². The normalized spacial score (nSPS) is 15.0. The van der Waals surface area contributed by atoms with Gasteiger partial charge in [-0.05, 0) is 57.6 Å². The molecule has 2 aromatic rings. The van der Waals surface area contributed by atoms with Crippen LogP contribution in [0.1, 0.15) is 37.4 Å². The molecular formula is C17H18BrN3O2S2. The molecule has 1 saturated heterocycles. The lowest BCUT2D eigenvalue weighted by molar-refractivity contribution is 0.0842. The van der Waals surface area contributed by atoms with Gasteiger partial charge in [0.05, 0.1) is 4.58 Å². The lowest BCUT2D eigenvalue weighted by Gasteiger charge is -2.21. The predicted octanol–water partition coefficient (Wildman–Crippen LogP) is 3.73. The summed E-state index contributed by atoms with van der Waals surface area (Å²) in [6.45, 7) is 0. The highest BCUT2D eigenvalue weighted by Gasteiger charge is 2.17. The number of nitrogens with one attached hydrogen (secondary N) is 2. The molecular weight excluding hydrogens is 422 g/mol. The molecule has 5 nitrogen and oxygen atoms in total. The van der Waals surface area contributed by atoms with Gasteiger partial charge in [0.15, 0.2) is 0 Å². The number of hydrogen-bond donors (Lipinski definition) is 2. The molecule has 2 heterocycles. The minimum Gasteiger partial charge on any atom is -0.345 e. The summed E-state index contributed by atoms with van der Waals surface area (Å²) in [6.07, 6.45) is 3.03. The summed E-state index contributed by atoms with van der Waals surface area (Å²) in [6, 6.07) is 9.26. The van der Waals surface area contributed by atoms with Crippen molar-refractivity contribution in [1.29, 1.82) is 0 Å². The van der Waals surface area contributed by atoms with E-state index in [1.807, 2.05) is 35.7 Å². The standard InChI is InChI=1S/C17H18BrN3O2S2/c1-21-10-13(18)9-14(21)16(23)20-19-15(22)11-3-5-12(6-4-11)17-24-7-2-8-25-17/h3-6,9-10,17H,2,7-8H2,1H3,(H,19,22)(H,20,23). The Hall–Kier alpha value is -1.38. The van der Waals surface area contributed by atoms with Crippen molar-refractivity contribution in [1.82, 2.24) is 15.4 Å². The SMILES string of the molecule is Cn1cc(Br)cc1C(=O)NNC(=O)c1ccc(C2SCCCS2)cc1. The Morgan fingerprint density at radius 1 is 1.12 bits per heavy atom. The van der Waals surface area contributed by atoms with Crippen molar-refractivity contribution in [2.24, 2.45) is 7.05 Å². The topological polar surface area (TPSA) is 63.1 Å². The molecule has 0 spiro atoms. The van der Waals surface area contributed by atoms with Crippen molar-refractivity contribution >= 4 is 51.3 Å².